The molecule has 2 nitrogen and oxygen atoms in total. The molecule has 0 aliphatic heterocycles. The summed E-state index contributed by atoms with van der Waals surface area (Å²) in [4.78, 5) is 0. The molecule has 18 aromatic rings. The van der Waals surface area contributed by atoms with Crippen molar-refractivity contribution in [2.24, 2.45) is 0 Å². The molecule has 0 radical (unpaired) electrons. The second kappa shape index (κ2) is 20.3. The molecule has 394 valence electrons. The number of hydrogen-bond donors (Lipinski definition) is 0. The molecule has 2 heterocycles. The molecule has 18 rings (SSSR count). The summed E-state index contributed by atoms with van der Waals surface area (Å²) in [6.45, 7) is 1.53. The van der Waals surface area contributed by atoms with Gasteiger partial charge >= 0.3 is 0 Å². The van der Waals surface area contributed by atoms with Gasteiger partial charge in [-0.1, -0.05) is 266 Å². The summed E-state index contributed by atoms with van der Waals surface area (Å²) in [7, 11) is 0. The topological polar surface area (TPSA) is 26.3 Å². The number of rotatable bonds is 3. The summed E-state index contributed by atoms with van der Waals surface area (Å²) in [5, 5.41) is -5.09. The molecule has 0 aliphatic rings. The van der Waals surface area contributed by atoms with E-state index in [1.807, 2.05) is 0 Å². The number of fused-ring (bicyclic) bond motifs is 18. The van der Waals surface area contributed by atoms with E-state index < -0.39 is 338 Å². The highest BCUT2D eigenvalue weighted by molar-refractivity contribution is 9.10. The zero-order valence-electron chi connectivity index (χ0n) is 89.3. The van der Waals surface area contributed by atoms with Crippen LogP contribution >= 0.6 is 15.9 Å². The van der Waals surface area contributed by atoms with Crippen molar-refractivity contribution in [3.05, 3.63) is 300 Å². The van der Waals surface area contributed by atoms with Crippen LogP contribution in [0.1, 0.15) is 70.0 Å². The highest BCUT2D eigenvalue weighted by atomic mass is 79.9. The van der Waals surface area contributed by atoms with Gasteiger partial charge < -0.3 is 8.83 Å². The summed E-state index contributed by atoms with van der Waals surface area (Å²) in [5.41, 5.74) is -4.07. The zero-order chi connectivity index (χ0) is 96.7. The summed E-state index contributed by atoms with van der Waals surface area (Å²) in [6.07, 6.45) is 0. The summed E-state index contributed by atoms with van der Waals surface area (Å²) >= 11 is 3.26. The first kappa shape index (κ1) is 21.1. The van der Waals surface area contributed by atoms with Crippen LogP contribution in [0.2, 0.25) is 0 Å². The Hall–Kier alpha value is -10.3. The highest BCUT2D eigenvalue weighted by Crippen LogP contribution is 2.49. The Balaban J connectivity index is 0.000000157. The van der Waals surface area contributed by atoms with Gasteiger partial charge in [-0.3, -0.25) is 0 Å². The van der Waals surface area contributed by atoms with E-state index in [9.17, 15) is 8.22 Å². The minimum absolute atomic E-state index is 0.0207. The van der Waals surface area contributed by atoms with Crippen molar-refractivity contribution in [2.45, 2.75) is 6.92 Å². The Bertz CT molecular complexity index is 8220. The average Bonchev–Trinajstić information content (AvgIpc) is 1.39. The summed E-state index contributed by atoms with van der Waals surface area (Å²) in [5.74, 6) is 0. The Labute approximate surface area is 559 Å². The largest absolute Gasteiger partial charge is 0.456 e. The van der Waals surface area contributed by atoms with Crippen LogP contribution in [0.4, 0.5) is 0 Å². The lowest BCUT2D eigenvalue weighted by Gasteiger charge is -2.19. The fourth-order valence-corrected chi connectivity index (χ4v) is 11.0. The summed E-state index contributed by atoms with van der Waals surface area (Å²) < 4.78 is 415. The van der Waals surface area contributed by atoms with Gasteiger partial charge in [0.1, 0.15) is 22.3 Å². The van der Waals surface area contributed by atoms with Crippen molar-refractivity contribution in [3.8, 4) is 33.4 Å². The normalized spacial score (nSPS) is 19.5. The Morgan fingerprint density at radius 1 is 0.274 bits per heavy atom. The monoisotopic (exact) mass is 1180 g/mol. The van der Waals surface area contributed by atoms with E-state index in [0.717, 1.165) is 6.07 Å². The molecule has 0 amide bonds. The van der Waals surface area contributed by atoms with E-state index in [4.69, 9.17) is 65.0 Å². The third-order valence-corrected chi connectivity index (χ3v) is 14.6. The molecule has 0 N–H and O–H groups in total. The first-order chi connectivity index (χ1) is 61.1. The lowest BCUT2D eigenvalue weighted by molar-refractivity contribution is 0.669. The molecule has 0 spiro atoms. The molecule has 2 aromatic heterocycles. The van der Waals surface area contributed by atoms with Crippen LogP contribution in [0, 0.1) is 6.92 Å². The van der Waals surface area contributed by atoms with Gasteiger partial charge in [-0.25, -0.2) is 0 Å². The van der Waals surface area contributed by atoms with Gasteiger partial charge in [0.05, 0.1) is 64.4 Å². The Kier molecular flexibility index (Phi) is 5.11. The van der Waals surface area contributed by atoms with Gasteiger partial charge in [-0.15, -0.1) is 0 Å². The molecule has 84 heavy (non-hydrogen) atoms. The standard InChI is InChI=1S/C40H24O.C21H14O.C20H13Br/c1-2-13-26(14-3-1)37-30-18-8-10-20-32(30)38(33-21-11-9-19-31(33)37)34-24-36-40(29-17-7-6-16-28(29)34)39-27-15-5-4-12-25(27)22-23-35(39)41-36;1-13-12-19-21(17-9-5-4-7-15(13)17)20-16-8-3-2-6-14(16)10-11-18(20)22-19;21-20-17-12-6-4-10-15(17)19(14-8-2-1-3-9-14)16-11-5-7-13-18(16)20/h1-24H;2-12H,1H3;1-13H/i1D,2D,3D,4D,5D,6D,7D,8D,9D,10D,11D,12D,13D,14D,15D,17D,18D,19D,20D,21D,22D,23D,24D;2D,3D,4D,5D,6D,7D,8D,9D,10D,11D,12D;1D,2D,3D,4D,5D,6D,7D,8D,9D,10D,11D,12D,13D. The maximum Gasteiger partial charge on any atom is 0.136 e. The van der Waals surface area contributed by atoms with Crippen LogP contribution in [0.5, 0.6) is 0 Å². The zero-order valence-corrected chi connectivity index (χ0v) is 43.9. The molecule has 3 heteroatoms. The van der Waals surface area contributed by atoms with Gasteiger partial charge in [0, 0.05) is 26.0 Å². The van der Waals surface area contributed by atoms with Crippen LogP contribution < -0.4 is 0 Å². The van der Waals surface area contributed by atoms with E-state index in [-0.39, 0.29) is 120 Å². The third kappa shape index (κ3) is 7.99. The molecule has 0 saturated carbocycles. The van der Waals surface area contributed by atoms with Gasteiger partial charge in [-0.2, -0.15) is 0 Å². The second-order valence-corrected chi connectivity index (χ2v) is 19.1. The molecule has 0 atom stereocenters. The highest BCUT2D eigenvalue weighted by Gasteiger charge is 2.22. The van der Waals surface area contributed by atoms with Crippen LogP contribution in [-0.2, 0) is 0 Å². The number of furan rings is 2. The number of aryl methyl sites for hydroxylation is 1. The van der Waals surface area contributed by atoms with E-state index in [1.165, 1.54) is 6.92 Å². The van der Waals surface area contributed by atoms with Crippen molar-refractivity contribution in [2.75, 3.05) is 0 Å². The quantitative estimate of drug-likeness (QED) is 0.165. The average molecular weight is 1180 g/mol. The maximum absolute atomic E-state index is 9.91. The molecule has 0 saturated heterocycles. The SMILES string of the molecule is [2H]c1c([2H])c([2H])c(-c2c3c([2H])c([2H])c([2H])c([2H])c3c(Br)c3c([2H])c([2H])c([2H])c([2H])c23)c([2H])c1[2H].[2H]c1c([2H])c([2H])c2c(c1[2H])c([2H])c([2H])c1oc3c([2H])c(C)c4c([2H])c([2H])c([2H])c([2H])c4c3c12.[2H]c1cc2c(-c3c4c([2H])c([2H])c([2H])c([2H])c4c(-c4c([2H])c([2H])c([2H])c([2H])c4[2H])c4c([2H])c([2H])c([2H])c([2H])c34)c([2H])c3oc4c([2H])c([2H])c5c([2H])c([2H])c([2H])c([2H])c5c4c3c2c([2H])c1[2H]. The van der Waals surface area contributed by atoms with Crippen molar-refractivity contribution in [1.29, 1.82) is 0 Å². The smallest absolute Gasteiger partial charge is 0.136 e. The first-order valence-electron chi connectivity index (χ1n) is 48.3. The fourth-order valence-electron chi connectivity index (χ4n) is 10.4. The molecular weight excluding hydrogens is 1080 g/mol. The third-order valence-electron chi connectivity index (χ3n) is 13.8. The summed E-state index contributed by atoms with van der Waals surface area (Å²) in [6, 6.07) is -30.3. The van der Waals surface area contributed by atoms with Crippen molar-refractivity contribution in [3.63, 3.8) is 0 Å². The number of benzene rings is 16. The maximum atomic E-state index is 9.91. The van der Waals surface area contributed by atoms with Crippen LogP contribution in [0.25, 0.3) is 163 Å². The molecule has 0 unspecified atom stereocenters. The van der Waals surface area contributed by atoms with E-state index >= 15 is 0 Å². The van der Waals surface area contributed by atoms with Crippen LogP contribution in [0.15, 0.2) is 303 Å². The van der Waals surface area contributed by atoms with Gasteiger partial charge in [-0.05, 0) is 172 Å². The predicted molar refractivity (Wildman–Crippen MR) is 363 cm³/mol. The number of hydrogen-bond acceptors (Lipinski definition) is 2. The van der Waals surface area contributed by atoms with E-state index in [2.05, 4.69) is 15.9 Å². The van der Waals surface area contributed by atoms with Crippen LogP contribution in [0.3, 0.4) is 0 Å². The fraction of sp³-hybridized carbons (Fsp3) is 0.0123. The minimum atomic E-state index is -0.898. The van der Waals surface area contributed by atoms with Crippen molar-refractivity contribution >= 4 is 146 Å². The van der Waals surface area contributed by atoms with E-state index in [0.29, 0.717) is 0 Å². The Morgan fingerprint density at radius 3 is 1.08 bits per heavy atom. The molecule has 16 aromatic carbocycles. The number of halogens is 1. The molecule has 0 aliphatic carbocycles. The van der Waals surface area contributed by atoms with Crippen molar-refractivity contribution in [1.82, 2.24) is 0 Å². The van der Waals surface area contributed by atoms with Gasteiger partial charge in [0.25, 0.3) is 0 Å². The molecule has 0 fully saturated rings. The van der Waals surface area contributed by atoms with Crippen molar-refractivity contribution < 1.29 is 73.3 Å². The van der Waals surface area contributed by atoms with E-state index in [1.54, 1.807) is 0 Å². The van der Waals surface area contributed by atoms with Gasteiger partial charge in [0.2, 0.25) is 0 Å². The second-order valence-electron chi connectivity index (χ2n) is 18.3. The van der Waals surface area contributed by atoms with Gasteiger partial charge in [0.15, 0.2) is 0 Å². The lowest BCUT2D eigenvalue weighted by atomic mass is 9.84. The first-order valence-corrected chi connectivity index (χ1v) is 25.6. The molecular formula is C81H51BrO2. The van der Waals surface area contributed by atoms with Crippen LogP contribution in [-0.4, -0.2) is 0 Å². The molecule has 0 bridgehead atoms. The minimum Gasteiger partial charge on any atom is -0.456 e. The predicted octanol–water partition coefficient (Wildman–Crippen LogP) is 24.2. The Morgan fingerprint density at radius 2 is 0.607 bits per heavy atom. The lowest BCUT2D eigenvalue weighted by Crippen LogP contribution is -1.91.